The van der Waals surface area contributed by atoms with Gasteiger partial charge in [0.25, 0.3) is 6.43 Å². The van der Waals surface area contributed by atoms with Crippen molar-refractivity contribution >= 4 is 21.9 Å². The molecule has 1 rings (SSSR count). The number of carbonyl (C=O) groups is 1. The van der Waals surface area contributed by atoms with Gasteiger partial charge in [-0.25, -0.2) is 18.6 Å². The van der Waals surface area contributed by atoms with Gasteiger partial charge in [0.05, 0.1) is 12.7 Å². The largest absolute Gasteiger partial charge is 0.494 e. The number of aromatic nitrogens is 1. The molecule has 4 nitrogen and oxygen atoms in total. The van der Waals surface area contributed by atoms with Crippen LogP contribution in [0.15, 0.2) is 10.7 Å². The van der Waals surface area contributed by atoms with Gasteiger partial charge in [-0.05, 0) is 22.0 Å². The zero-order valence-electron chi connectivity index (χ0n) is 7.50. The quantitative estimate of drug-likeness (QED) is 0.865. The average Bonchev–Trinajstić information content (AvgIpc) is 2.16. The Labute approximate surface area is 92.0 Å². The number of hydrogen-bond donors (Lipinski definition) is 1. The molecule has 0 saturated heterocycles. The van der Waals surface area contributed by atoms with Gasteiger partial charge in [0, 0.05) is 0 Å². The molecule has 0 unspecified atom stereocenters. The standard InChI is InChI=1S/C8H6BrF2NO3/c1-15-6-3(7(10)11)2-4(9)12-5(6)8(13)14/h2,7H,1H3,(H,13,14). The minimum atomic E-state index is -2.82. The number of hydrogen-bond acceptors (Lipinski definition) is 3. The fourth-order valence-corrected chi connectivity index (χ4v) is 1.47. The van der Waals surface area contributed by atoms with E-state index in [-0.39, 0.29) is 4.60 Å². The van der Waals surface area contributed by atoms with Crippen LogP contribution in [0, 0.1) is 0 Å². The summed E-state index contributed by atoms with van der Waals surface area (Å²) >= 11 is 2.85. The van der Waals surface area contributed by atoms with Crippen molar-refractivity contribution in [3.63, 3.8) is 0 Å². The first-order chi connectivity index (χ1) is 6.97. The second kappa shape index (κ2) is 4.52. The first kappa shape index (κ1) is 11.8. The number of carboxylic acid groups (broad SMARTS) is 1. The molecule has 15 heavy (non-hydrogen) atoms. The number of halogens is 3. The monoisotopic (exact) mass is 281 g/mol. The van der Waals surface area contributed by atoms with E-state index in [1.54, 1.807) is 0 Å². The molecule has 0 aliphatic heterocycles. The third-order valence-corrected chi connectivity index (χ3v) is 2.02. The Morgan fingerprint density at radius 1 is 1.67 bits per heavy atom. The number of ether oxygens (including phenoxy) is 1. The van der Waals surface area contributed by atoms with Crippen molar-refractivity contribution in [3.05, 3.63) is 21.9 Å². The summed E-state index contributed by atoms with van der Waals surface area (Å²) in [5, 5.41) is 8.72. The molecule has 0 spiro atoms. The highest BCUT2D eigenvalue weighted by atomic mass is 79.9. The maximum Gasteiger partial charge on any atom is 0.358 e. The maximum absolute atomic E-state index is 12.5. The number of aromatic carboxylic acids is 1. The van der Waals surface area contributed by atoms with Gasteiger partial charge in [-0.1, -0.05) is 0 Å². The van der Waals surface area contributed by atoms with Gasteiger partial charge in [0.15, 0.2) is 11.4 Å². The van der Waals surface area contributed by atoms with Crippen LogP contribution in [0.1, 0.15) is 22.5 Å². The number of pyridine rings is 1. The highest BCUT2D eigenvalue weighted by Gasteiger charge is 2.23. The first-order valence-corrected chi connectivity index (χ1v) is 4.52. The zero-order valence-corrected chi connectivity index (χ0v) is 9.09. The first-order valence-electron chi connectivity index (χ1n) is 3.73. The Balaban J connectivity index is 3.45. The molecule has 1 aromatic heterocycles. The predicted molar refractivity (Wildman–Crippen MR) is 50.4 cm³/mol. The molecule has 1 N–H and O–H groups in total. The second-order valence-electron chi connectivity index (χ2n) is 2.52. The van der Waals surface area contributed by atoms with E-state index in [1.165, 1.54) is 0 Å². The highest BCUT2D eigenvalue weighted by Crippen LogP contribution is 2.33. The minimum Gasteiger partial charge on any atom is -0.494 e. The summed E-state index contributed by atoms with van der Waals surface area (Å²) in [6.45, 7) is 0. The molecule has 82 valence electrons. The third-order valence-electron chi connectivity index (χ3n) is 1.61. The summed E-state index contributed by atoms with van der Waals surface area (Å²) in [6, 6.07) is 1.02. The molecule has 0 aliphatic carbocycles. The lowest BCUT2D eigenvalue weighted by Gasteiger charge is -2.10. The van der Waals surface area contributed by atoms with Crippen molar-refractivity contribution in [2.24, 2.45) is 0 Å². The molecule has 0 amide bonds. The number of rotatable bonds is 3. The van der Waals surface area contributed by atoms with Gasteiger partial charge in [-0.3, -0.25) is 0 Å². The molecule has 0 aromatic carbocycles. The molecular weight excluding hydrogens is 276 g/mol. The molecule has 0 atom stereocenters. The summed E-state index contributed by atoms with van der Waals surface area (Å²) in [6.07, 6.45) is -2.82. The van der Waals surface area contributed by atoms with Crippen LogP contribution < -0.4 is 4.74 Å². The normalized spacial score (nSPS) is 10.5. The van der Waals surface area contributed by atoms with Crippen molar-refractivity contribution in [2.75, 3.05) is 7.11 Å². The second-order valence-corrected chi connectivity index (χ2v) is 3.33. The Bertz CT molecular complexity index is 398. The van der Waals surface area contributed by atoms with Crippen molar-refractivity contribution in [3.8, 4) is 5.75 Å². The number of alkyl halides is 2. The molecule has 7 heteroatoms. The fourth-order valence-electron chi connectivity index (χ4n) is 1.04. The van der Waals surface area contributed by atoms with Crippen molar-refractivity contribution in [2.45, 2.75) is 6.43 Å². The lowest BCUT2D eigenvalue weighted by molar-refractivity contribution is 0.0685. The molecule has 1 heterocycles. The molecule has 0 bridgehead atoms. The van der Waals surface area contributed by atoms with E-state index in [2.05, 4.69) is 25.7 Å². The molecule has 0 saturated carbocycles. The highest BCUT2D eigenvalue weighted by molar-refractivity contribution is 9.10. The Hall–Kier alpha value is -1.24. The molecular formula is C8H6BrF2NO3. The zero-order chi connectivity index (χ0) is 11.6. The predicted octanol–water partition coefficient (Wildman–Crippen LogP) is 2.49. The van der Waals surface area contributed by atoms with Gasteiger partial charge in [-0.2, -0.15) is 0 Å². The van der Waals surface area contributed by atoms with E-state index in [0.29, 0.717) is 0 Å². The van der Waals surface area contributed by atoms with Gasteiger partial charge in [-0.15, -0.1) is 0 Å². The van der Waals surface area contributed by atoms with Gasteiger partial charge in [0.1, 0.15) is 4.60 Å². The van der Waals surface area contributed by atoms with Crippen LogP contribution in [0.2, 0.25) is 0 Å². The van der Waals surface area contributed by atoms with Crippen molar-refractivity contribution in [1.29, 1.82) is 0 Å². The lowest BCUT2D eigenvalue weighted by atomic mass is 10.2. The van der Waals surface area contributed by atoms with Crippen LogP contribution in [0.25, 0.3) is 0 Å². The third kappa shape index (κ3) is 2.41. The summed E-state index contributed by atoms with van der Waals surface area (Å²) in [4.78, 5) is 14.2. The minimum absolute atomic E-state index is 0.0241. The summed E-state index contributed by atoms with van der Waals surface area (Å²) < 4.78 is 29.7. The molecule has 0 fully saturated rings. The van der Waals surface area contributed by atoms with Crippen LogP contribution >= 0.6 is 15.9 Å². The Morgan fingerprint density at radius 3 is 2.67 bits per heavy atom. The lowest BCUT2D eigenvalue weighted by Crippen LogP contribution is -2.07. The average molecular weight is 282 g/mol. The summed E-state index contributed by atoms with van der Waals surface area (Å²) in [5.74, 6) is -1.84. The molecule has 1 aromatic rings. The van der Waals surface area contributed by atoms with Crippen LogP contribution in [0.4, 0.5) is 8.78 Å². The Morgan fingerprint density at radius 2 is 2.27 bits per heavy atom. The van der Waals surface area contributed by atoms with E-state index in [9.17, 15) is 13.6 Å². The van der Waals surface area contributed by atoms with E-state index in [0.717, 1.165) is 13.2 Å². The summed E-state index contributed by atoms with van der Waals surface area (Å²) in [7, 11) is 1.11. The molecule has 0 radical (unpaired) electrons. The van der Waals surface area contributed by atoms with Crippen LogP contribution in [-0.2, 0) is 0 Å². The fraction of sp³-hybridized carbons (Fsp3) is 0.250. The topological polar surface area (TPSA) is 59.4 Å². The number of carboxylic acids is 1. The van der Waals surface area contributed by atoms with Crippen LogP contribution in [-0.4, -0.2) is 23.2 Å². The van der Waals surface area contributed by atoms with Crippen molar-refractivity contribution in [1.82, 2.24) is 4.98 Å². The van der Waals surface area contributed by atoms with E-state index in [1.807, 2.05) is 0 Å². The van der Waals surface area contributed by atoms with Gasteiger partial charge < -0.3 is 9.84 Å². The van der Waals surface area contributed by atoms with Crippen LogP contribution in [0.3, 0.4) is 0 Å². The van der Waals surface area contributed by atoms with E-state index >= 15 is 0 Å². The van der Waals surface area contributed by atoms with E-state index < -0.39 is 29.4 Å². The van der Waals surface area contributed by atoms with Gasteiger partial charge >= 0.3 is 5.97 Å². The number of methoxy groups -OCH3 is 1. The van der Waals surface area contributed by atoms with Crippen LogP contribution in [0.5, 0.6) is 5.75 Å². The SMILES string of the molecule is COc1c(C(F)F)cc(Br)nc1C(=O)O. The van der Waals surface area contributed by atoms with Gasteiger partial charge in [0.2, 0.25) is 0 Å². The van der Waals surface area contributed by atoms with E-state index in [4.69, 9.17) is 5.11 Å². The maximum atomic E-state index is 12.5. The summed E-state index contributed by atoms with van der Waals surface area (Å²) in [5.41, 5.74) is -1.04. The number of nitrogens with zero attached hydrogens (tertiary/aromatic N) is 1. The smallest absolute Gasteiger partial charge is 0.358 e. The molecule has 0 aliphatic rings. The van der Waals surface area contributed by atoms with Crippen molar-refractivity contribution < 1.29 is 23.4 Å². The Kier molecular flexibility index (Phi) is 3.57.